The number of aliphatic hydroxyl groups excluding tert-OH is 1. The number of carboxylic acids is 1. The van der Waals surface area contributed by atoms with Crippen molar-refractivity contribution in [1.82, 2.24) is 77.6 Å². The molecule has 13 amide bonds. The summed E-state index contributed by atoms with van der Waals surface area (Å²) < 4.78 is 0. The minimum Gasteiger partial charge on any atom is -0.508 e. The topological polar surface area (TPSA) is 553 Å². The number of carboxylic acid groups (broad SMARTS) is 1. The number of aromatic hydroxyl groups is 1. The molecular formula is C74H98N18O17. The molecule has 0 saturated carbocycles. The van der Waals surface area contributed by atoms with Gasteiger partial charge in [0.2, 0.25) is 76.8 Å². The Morgan fingerprint density at radius 3 is 1.43 bits per heavy atom. The zero-order chi connectivity index (χ0) is 79.2. The normalized spacial score (nSPS) is 16.7. The summed E-state index contributed by atoms with van der Waals surface area (Å²) in [4.78, 5) is 211. The van der Waals surface area contributed by atoms with Crippen molar-refractivity contribution in [3.63, 3.8) is 0 Å². The number of benzene rings is 3. The second kappa shape index (κ2) is 39.2. The minimum absolute atomic E-state index is 0.0103. The van der Waals surface area contributed by atoms with Crippen molar-refractivity contribution in [3.8, 4) is 5.75 Å². The molecule has 35 nitrogen and oxygen atoms in total. The van der Waals surface area contributed by atoms with Crippen LogP contribution in [0.25, 0.3) is 21.8 Å². The summed E-state index contributed by atoms with van der Waals surface area (Å²) in [6.07, 6.45) is 4.70. The number of nitrogens with zero attached hydrogens (tertiary/aromatic N) is 3. The lowest BCUT2D eigenvalue weighted by Gasteiger charge is -2.31. The third kappa shape index (κ3) is 23.6. The monoisotopic (exact) mass is 1510 g/mol. The molecule has 6 aromatic rings. The Bertz CT molecular complexity index is 4240. The first-order valence-corrected chi connectivity index (χ1v) is 36.3. The molecule has 35 heteroatoms. The van der Waals surface area contributed by atoms with Crippen LogP contribution in [0.1, 0.15) is 114 Å². The van der Waals surface area contributed by atoms with Crippen molar-refractivity contribution < 1.29 is 82.4 Å². The molecule has 0 bridgehead atoms. The number of aliphatic hydroxyl groups is 1. The number of carbonyl (C=O) groups is 14. The number of primary amides is 2. The molecule has 3 aromatic carbocycles. The number of aromatic nitrogens is 4. The molecule has 0 spiro atoms. The Kier molecular flexibility index (Phi) is 29.8. The zero-order valence-corrected chi connectivity index (χ0v) is 61.1. The van der Waals surface area contributed by atoms with Crippen LogP contribution in [0.2, 0.25) is 0 Å². The summed E-state index contributed by atoms with van der Waals surface area (Å²) in [5.41, 5.74) is 20.5. The second-order valence-electron chi connectivity index (χ2n) is 28.3. The van der Waals surface area contributed by atoms with Gasteiger partial charge < -0.3 is 105 Å². The molecule has 0 radical (unpaired) electrons. The number of phenols is 1. The number of aromatic amines is 3. The van der Waals surface area contributed by atoms with Gasteiger partial charge in [-0.1, -0.05) is 76.2 Å². The molecule has 2 fully saturated rings. The van der Waals surface area contributed by atoms with Crippen molar-refractivity contribution in [2.75, 3.05) is 26.2 Å². The van der Waals surface area contributed by atoms with Gasteiger partial charge in [0, 0.05) is 97.7 Å². The predicted octanol–water partition coefficient (Wildman–Crippen LogP) is -1.65. The molecule has 2 aliphatic heterocycles. The number of fused-ring (bicyclic) bond motifs is 2. The fourth-order valence-electron chi connectivity index (χ4n) is 13.4. The van der Waals surface area contributed by atoms with E-state index in [0.717, 1.165) is 4.90 Å². The quantitative estimate of drug-likeness (QED) is 0.0205. The van der Waals surface area contributed by atoms with Crippen LogP contribution < -0.4 is 65.1 Å². The molecule has 586 valence electrons. The maximum absolute atomic E-state index is 15.5. The summed E-state index contributed by atoms with van der Waals surface area (Å²) in [6.45, 7) is 5.51. The van der Waals surface area contributed by atoms with E-state index in [0.29, 0.717) is 50.6 Å². The van der Waals surface area contributed by atoms with Crippen molar-refractivity contribution in [2.24, 2.45) is 29.0 Å². The van der Waals surface area contributed by atoms with E-state index in [1.165, 1.54) is 41.7 Å². The Morgan fingerprint density at radius 2 is 0.945 bits per heavy atom. The summed E-state index contributed by atoms with van der Waals surface area (Å²) in [6, 6.07) is 4.13. The highest BCUT2D eigenvalue weighted by Gasteiger charge is 2.43. The highest BCUT2D eigenvalue weighted by molar-refractivity contribution is 6.01. The first-order chi connectivity index (χ1) is 52.0. The summed E-state index contributed by atoms with van der Waals surface area (Å²) in [5.74, 6) is -13.2. The Morgan fingerprint density at radius 1 is 0.514 bits per heavy atom. The molecule has 0 unspecified atom stereocenters. The zero-order valence-electron chi connectivity index (χ0n) is 61.1. The Hall–Kier alpha value is -11.7. The average Bonchev–Trinajstić information content (AvgIpc) is 1.72. The lowest BCUT2D eigenvalue weighted by Crippen LogP contribution is -2.61. The van der Waals surface area contributed by atoms with Crippen molar-refractivity contribution in [1.29, 1.82) is 0 Å². The standard InChI is InChI=1S/C74H98N18O17/c1-39(2)27-53(67(102)90-58(37-93)74(109)91-25-9-15-59(91)71(106)81-36-63(97)98)85-69(104)55(30-42-33-79-49-13-7-5-11-46(42)49)88-70(105)56(31-43-34-80-50-14-8-6-12-47(43)50)87-68(103)54(29-41-17-19-45(94)20-18-41)86-65(100)52(22-24-62(77)96)84-72(107)60-16-10-26-92(60)73(108)57(28-40(3)4)89-66(101)51(21-23-61(76)95)83-64(99)48(75)32-44-35-78-38-82-44/h5-8,11-14,17-20,33-35,38-40,48,51-60,79-80,93-94H,9-10,15-16,21-32,36-37,75H2,1-4H3,(H2,76,95)(H2,77,96)(H,78,82)(H,81,106)(H,83,99)(H,84,107)(H,85,104)(H,86,100)(H,87,103)(H,88,105)(H,89,101)(H,90,102)(H,97,98)/t48-,51-,52-,53-,54-,55-,56-,57-,58-,59-,60-/m0/s1. The number of amides is 13. The first-order valence-electron chi connectivity index (χ1n) is 36.3. The number of rotatable bonds is 40. The smallest absolute Gasteiger partial charge is 0.322 e. The van der Waals surface area contributed by atoms with Crippen LogP contribution in [-0.2, 0) is 92.8 Å². The SMILES string of the molecule is CC(C)C[C@H](NC(=O)[C@H](Cc1c[nH]c2ccccc12)NC(=O)[C@H](Cc1c[nH]c2ccccc12)NC(=O)[C@H](Cc1ccc(O)cc1)NC(=O)[C@H](CCC(N)=O)NC(=O)[C@@H]1CCCN1C(=O)[C@H](CC(C)C)NC(=O)[C@H](CCC(N)=O)NC(=O)[C@@H](N)Cc1cnc[nH]1)C(=O)N[C@@H](CO)C(=O)N1CCC[C@H]1C(=O)NCC(=O)O. The van der Waals surface area contributed by atoms with Crippen LogP contribution in [0.15, 0.2) is 97.7 Å². The van der Waals surface area contributed by atoms with E-state index < -0.39 is 175 Å². The number of nitrogens with two attached hydrogens (primary N) is 3. The van der Waals surface area contributed by atoms with Gasteiger partial charge in [-0.05, 0) is 104 Å². The average molecular weight is 1510 g/mol. The molecule has 11 atom stereocenters. The van der Waals surface area contributed by atoms with E-state index in [1.54, 1.807) is 88.6 Å². The minimum atomic E-state index is -1.64. The largest absolute Gasteiger partial charge is 0.508 e. The van der Waals surface area contributed by atoms with Gasteiger partial charge in [-0.2, -0.15) is 0 Å². The van der Waals surface area contributed by atoms with Crippen molar-refractivity contribution in [3.05, 3.63) is 120 Å². The summed E-state index contributed by atoms with van der Waals surface area (Å²) in [5, 5.41) is 55.2. The van der Waals surface area contributed by atoms with Crippen LogP contribution in [-0.4, -0.2) is 221 Å². The van der Waals surface area contributed by atoms with E-state index in [4.69, 9.17) is 22.3 Å². The number of H-pyrrole nitrogens is 3. The van der Waals surface area contributed by atoms with Crippen LogP contribution in [0.5, 0.6) is 5.75 Å². The van der Waals surface area contributed by atoms with Gasteiger partial charge >= 0.3 is 5.97 Å². The second-order valence-corrected chi connectivity index (χ2v) is 28.3. The van der Waals surface area contributed by atoms with Gasteiger partial charge in [-0.25, -0.2) is 4.98 Å². The van der Waals surface area contributed by atoms with Gasteiger partial charge in [0.05, 0.1) is 19.0 Å². The summed E-state index contributed by atoms with van der Waals surface area (Å²) >= 11 is 0. The lowest BCUT2D eigenvalue weighted by molar-refractivity contribution is -0.143. The Labute approximate surface area is 627 Å². The van der Waals surface area contributed by atoms with E-state index in [1.807, 2.05) is 0 Å². The van der Waals surface area contributed by atoms with E-state index >= 15 is 19.2 Å². The number of nitrogens with one attached hydrogen (secondary N) is 12. The molecular weight excluding hydrogens is 1410 g/mol. The van der Waals surface area contributed by atoms with E-state index in [9.17, 15) is 58.2 Å². The van der Waals surface area contributed by atoms with Crippen LogP contribution in [0.4, 0.5) is 0 Å². The molecule has 2 aliphatic rings. The molecule has 21 N–H and O–H groups in total. The summed E-state index contributed by atoms with van der Waals surface area (Å²) in [7, 11) is 0. The van der Waals surface area contributed by atoms with Crippen LogP contribution >= 0.6 is 0 Å². The van der Waals surface area contributed by atoms with Gasteiger partial charge in [-0.15, -0.1) is 0 Å². The highest BCUT2D eigenvalue weighted by atomic mass is 16.4. The fraction of sp³-hybridized carbons (Fsp3) is 0.473. The maximum Gasteiger partial charge on any atom is 0.322 e. The van der Waals surface area contributed by atoms with Gasteiger partial charge in [0.15, 0.2) is 0 Å². The Balaban J connectivity index is 1.06. The number of hydrogen-bond donors (Lipinski definition) is 18. The molecule has 0 aliphatic carbocycles. The fourth-order valence-corrected chi connectivity index (χ4v) is 13.4. The number of phenolic OH excluding ortho intramolecular Hbond substituents is 1. The van der Waals surface area contributed by atoms with Gasteiger partial charge in [0.25, 0.3) is 0 Å². The van der Waals surface area contributed by atoms with Gasteiger partial charge in [0.1, 0.15) is 72.7 Å². The maximum atomic E-state index is 15.5. The van der Waals surface area contributed by atoms with E-state index in [2.05, 4.69) is 67.8 Å². The number of likely N-dealkylation sites (tertiary alicyclic amines) is 2. The molecule has 3 aromatic heterocycles. The van der Waals surface area contributed by atoms with Crippen molar-refractivity contribution in [2.45, 2.75) is 184 Å². The van der Waals surface area contributed by atoms with E-state index in [-0.39, 0.29) is 101 Å². The molecule has 109 heavy (non-hydrogen) atoms. The first kappa shape index (κ1) is 82.9. The van der Waals surface area contributed by atoms with Crippen LogP contribution in [0.3, 0.4) is 0 Å². The molecule has 5 heterocycles. The third-order valence-electron chi connectivity index (χ3n) is 19.0. The van der Waals surface area contributed by atoms with Gasteiger partial charge in [-0.3, -0.25) is 67.1 Å². The molecule has 2 saturated heterocycles. The predicted molar refractivity (Wildman–Crippen MR) is 394 cm³/mol. The highest BCUT2D eigenvalue weighted by Crippen LogP contribution is 2.26. The van der Waals surface area contributed by atoms with Crippen molar-refractivity contribution >= 4 is 105 Å². The molecule has 8 rings (SSSR count). The number of aliphatic carboxylic acids is 1. The number of imidazole rings is 1. The number of para-hydroxylation sites is 2. The number of hydrogen-bond acceptors (Lipinski definition) is 18. The number of carbonyl (C=O) groups excluding carboxylic acids is 13. The lowest BCUT2D eigenvalue weighted by atomic mass is 9.99. The van der Waals surface area contributed by atoms with Crippen LogP contribution in [0, 0.1) is 11.8 Å². The third-order valence-corrected chi connectivity index (χ3v) is 19.0.